The van der Waals surface area contributed by atoms with Crippen LogP contribution in [0, 0.1) is 0 Å². The zero-order chi connectivity index (χ0) is 15.7. The number of sulfonamides is 1. The van der Waals surface area contributed by atoms with E-state index in [-0.39, 0.29) is 21.7 Å². The largest absolute Gasteiger partial charge is 0.466 e. The lowest BCUT2D eigenvalue weighted by Crippen LogP contribution is -2.14. The third-order valence-electron chi connectivity index (χ3n) is 2.44. The maximum atomic E-state index is 12.1. The van der Waals surface area contributed by atoms with Gasteiger partial charge in [0.05, 0.1) is 16.9 Å². The van der Waals surface area contributed by atoms with Gasteiger partial charge in [-0.15, -0.1) is 5.10 Å². The number of hydrogen-bond acceptors (Lipinski definition) is 7. The number of nitrogens with one attached hydrogen (secondary N) is 2. The number of methoxy groups -OCH3 is 1. The van der Waals surface area contributed by atoms with E-state index in [1.165, 1.54) is 31.4 Å². The molecule has 2 aromatic rings. The van der Waals surface area contributed by atoms with Gasteiger partial charge in [0.15, 0.2) is 9.84 Å². The maximum Gasteiger partial charge on any atom is 0.336 e. The first-order chi connectivity index (χ1) is 9.72. The summed E-state index contributed by atoms with van der Waals surface area (Å²) in [6.07, 6.45) is 1.04. The van der Waals surface area contributed by atoms with Gasteiger partial charge in [-0.25, -0.2) is 26.7 Å². The highest BCUT2D eigenvalue weighted by Gasteiger charge is 2.17. The first-order valence-electron chi connectivity index (χ1n) is 5.52. The highest BCUT2D eigenvalue weighted by molar-refractivity contribution is 7.92. The molecule has 21 heavy (non-hydrogen) atoms. The summed E-state index contributed by atoms with van der Waals surface area (Å²) in [5, 5.41) is 5.94. The minimum Gasteiger partial charge on any atom is -0.466 e. The summed E-state index contributed by atoms with van der Waals surface area (Å²) < 4.78 is 53.7. The normalized spacial score (nSPS) is 12.1. The molecule has 0 saturated heterocycles. The molecule has 0 fully saturated rings. The zero-order valence-corrected chi connectivity index (χ0v) is 12.7. The number of nitrogens with zero attached hydrogens (tertiary/aromatic N) is 2. The second-order valence-electron chi connectivity index (χ2n) is 4.02. The Morgan fingerprint density at radius 2 is 1.67 bits per heavy atom. The third kappa shape index (κ3) is 3.49. The van der Waals surface area contributed by atoms with Gasteiger partial charge in [0.2, 0.25) is 5.95 Å². The summed E-state index contributed by atoms with van der Waals surface area (Å²) in [4.78, 5) is 3.65. The Morgan fingerprint density at radius 3 is 2.14 bits per heavy atom. The maximum absolute atomic E-state index is 12.1. The molecule has 0 aliphatic carbocycles. The standard InChI is InChI=1S/C10H12N4O5S2/c1-19-10-11-9(12-13-10)14-21(17,18)8-5-3-7(4-6-8)20(2,15)16/h3-6H,1-2H3,(H2,11,12,13,14). The number of sulfone groups is 1. The van der Waals surface area contributed by atoms with Crippen molar-refractivity contribution in [3.63, 3.8) is 0 Å². The minimum atomic E-state index is -3.90. The zero-order valence-electron chi connectivity index (χ0n) is 11.1. The van der Waals surface area contributed by atoms with E-state index < -0.39 is 19.9 Å². The first kappa shape index (κ1) is 15.3. The van der Waals surface area contributed by atoms with Crippen LogP contribution >= 0.6 is 0 Å². The van der Waals surface area contributed by atoms with Crippen LogP contribution in [0.3, 0.4) is 0 Å². The van der Waals surface area contributed by atoms with Gasteiger partial charge < -0.3 is 4.74 Å². The summed E-state index contributed by atoms with van der Waals surface area (Å²) in [5.41, 5.74) is 0. The summed E-state index contributed by atoms with van der Waals surface area (Å²) in [6.45, 7) is 0. The van der Waals surface area contributed by atoms with E-state index >= 15 is 0 Å². The van der Waals surface area contributed by atoms with Crippen molar-refractivity contribution >= 4 is 25.8 Å². The second-order valence-corrected chi connectivity index (χ2v) is 7.72. The molecule has 0 aliphatic heterocycles. The van der Waals surface area contributed by atoms with Gasteiger partial charge in [-0.1, -0.05) is 0 Å². The quantitative estimate of drug-likeness (QED) is 0.789. The highest BCUT2D eigenvalue weighted by Crippen LogP contribution is 2.17. The van der Waals surface area contributed by atoms with Gasteiger partial charge >= 0.3 is 6.01 Å². The molecule has 9 nitrogen and oxygen atoms in total. The number of H-pyrrole nitrogens is 1. The molecule has 1 aromatic heterocycles. The average Bonchev–Trinajstić information content (AvgIpc) is 2.85. The van der Waals surface area contributed by atoms with E-state index in [2.05, 4.69) is 19.9 Å². The van der Waals surface area contributed by atoms with Crippen molar-refractivity contribution in [3.8, 4) is 6.01 Å². The molecule has 0 amide bonds. The molecule has 0 spiro atoms. The van der Waals surface area contributed by atoms with E-state index in [1.807, 2.05) is 0 Å². The fourth-order valence-electron chi connectivity index (χ4n) is 1.44. The van der Waals surface area contributed by atoms with Gasteiger partial charge in [-0.05, 0) is 24.3 Å². The Morgan fingerprint density at radius 1 is 1.10 bits per heavy atom. The lowest BCUT2D eigenvalue weighted by atomic mass is 10.4. The number of aromatic amines is 1. The predicted octanol–water partition coefficient (Wildman–Crippen LogP) is 0.0176. The van der Waals surface area contributed by atoms with Crippen molar-refractivity contribution in [2.24, 2.45) is 0 Å². The topological polar surface area (TPSA) is 131 Å². The van der Waals surface area contributed by atoms with Crippen molar-refractivity contribution in [2.45, 2.75) is 9.79 Å². The summed E-state index contributed by atoms with van der Waals surface area (Å²) in [5.74, 6) is -0.112. The molecular formula is C10H12N4O5S2. The SMILES string of the molecule is COc1n[nH]c(NS(=O)(=O)c2ccc(S(C)(=O)=O)cc2)n1. The molecule has 2 rings (SSSR count). The Labute approximate surface area is 121 Å². The molecule has 0 unspecified atom stereocenters. The average molecular weight is 332 g/mol. The van der Waals surface area contributed by atoms with Crippen LogP contribution in [0.2, 0.25) is 0 Å². The van der Waals surface area contributed by atoms with Gasteiger partial charge in [-0.2, -0.15) is 4.98 Å². The second kappa shape index (κ2) is 5.33. The van der Waals surface area contributed by atoms with E-state index in [0.29, 0.717) is 0 Å². The number of anilines is 1. The van der Waals surface area contributed by atoms with Crippen LogP contribution in [-0.2, 0) is 19.9 Å². The molecule has 11 heteroatoms. The molecule has 2 N–H and O–H groups in total. The third-order valence-corrected chi connectivity index (χ3v) is 4.92. The Hall–Kier alpha value is -2.14. The molecule has 1 heterocycles. The van der Waals surface area contributed by atoms with E-state index in [9.17, 15) is 16.8 Å². The molecule has 0 aliphatic rings. The van der Waals surface area contributed by atoms with Crippen molar-refractivity contribution in [2.75, 3.05) is 18.1 Å². The van der Waals surface area contributed by atoms with Crippen LogP contribution in [0.1, 0.15) is 0 Å². The monoisotopic (exact) mass is 332 g/mol. The lowest BCUT2D eigenvalue weighted by molar-refractivity contribution is 0.382. The number of aromatic nitrogens is 3. The van der Waals surface area contributed by atoms with Crippen LogP contribution in [-0.4, -0.2) is 45.4 Å². The number of hydrogen-bond donors (Lipinski definition) is 2. The Kier molecular flexibility index (Phi) is 3.87. The molecule has 114 valence electrons. The van der Waals surface area contributed by atoms with E-state index in [0.717, 1.165) is 6.26 Å². The van der Waals surface area contributed by atoms with Gasteiger partial charge in [0.1, 0.15) is 0 Å². The van der Waals surface area contributed by atoms with Gasteiger partial charge in [0.25, 0.3) is 10.0 Å². The van der Waals surface area contributed by atoms with Crippen molar-refractivity contribution in [1.82, 2.24) is 15.2 Å². The molecule has 0 bridgehead atoms. The predicted molar refractivity (Wildman–Crippen MR) is 73.3 cm³/mol. The molecule has 0 saturated carbocycles. The number of rotatable bonds is 5. The molecule has 1 aromatic carbocycles. The number of benzene rings is 1. The highest BCUT2D eigenvalue weighted by atomic mass is 32.2. The van der Waals surface area contributed by atoms with Gasteiger partial charge in [-0.3, -0.25) is 0 Å². The number of ether oxygens (including phenoxy) is 1. The van der Waals surface area contributed by atoms with Crippen LogP contribution in [0.5, 0.6) is 6.01 Å². The van der Waals surface area contributed by atoms with Crippen molar-refractivity contribution in [3.05, 3.63) is 24.3 Å². The van der Waals surface area contributed by atoms with Crippen LogP contribution < -0.4 is 9.46 Å². The first-order valence-corrected chi connectivity index (χ1v) is 8.89. The molecule has 0 radical (unpaired) electrons. The van der Waals surface area contributed by atoms with Crippen molar-refractivity contribution < 1.29 is 21.6 Å². The lowest BCUT2D eigenvalue weighted by Gasteiger charge is -2.05. The van der Waals surface area contributed by atoms with Crippen LogP contribution in [0.15, 0.2) is 34.1 Å². The van der Waals surface area contributed by atoms with Crippen LogP contribution in [0.4, 0.5) is 5.95 Å². The van der Waals surface area contributed by atoms with E-state index in [1.54, 1.807) is 0 Å². The fraction of sp³-hybridized carbons (Fsp3) is 0.200. The minimum absolute atomic E-state index is 0.0138. The summed E-state index contributed by atoms with van der Waals surface area (Å²) in [6, 6.07) is 4.79. The Balaban J connectivity index is 2.27. The van der Waals surface area contributed by atoms with Crippen LogP contribution in [0.25, 0.3) is 0 Å². The summed E-state index contributed by atoms with van der Waals surface area (Å²) in [7, 11) is -5.95. The Bertz CT molecular complexity index is 840. The fourth-order valence-corrected chi connectivity index (χ4v) is 3.02. The van der Waals surface area contributed by atoms with E-state index in [4.69, 9.17) is 4.74 Å². The molecule has 0 atom stereocenters. The smallest absolute Gasteiger partial charge is 0.336 e. The summed E-state index contributed by atoms with van der Waals surface area (Å²) >= 11 is 0. The molecular weight excluding hydrogens is 320 g/mol. The van der Waals surface area contributed by atoms with Crippen molar-refractivity contribution in [1.29, 1.82) is 0 Å². The van der Waals surface area contributed by atoms with Gasteiger partial charge in [0, 0.05) is 6.26 Å².